The number of carbonyl (C=O) groups excluding carboxylic acids is 2. The lowest BCUT2D eigenvalue weighted by Crippen LogP contribution is -2.40. The van der Waals surface area contributed by atoms with Gasteiger partial charge in [-0.2, -0.15) is 4.98 Å². The van der Waals surface area contributed by atoms with E-state index in [2.05, 4.69) is 22.1 Å². The van der Waals surface area contributed by atoms with Crippen LogP contribution in [-0.4, -0.2) is 54.4 Å². The molecule has 1 unspecified atom stereocenters. The number of hydrogen-bond donors (Lipinski definition) is 1. The Morgan fingerprint density at radius 3 is 2.88 bits per heavy atom. The number of para-hydroxylation sites is 2. The highest BCUT2D eigenvalue weighted by molar-refractivity contribution is 6.01. The molecule has 3 saturated heterocycles. The molecule has 0 bridgehead atoms. The summed E-state index contributed by atoms with van der Waals surface area (Å²) in [5, 5.41) is 2.76. The molecule has 3 aliphatic rings. The fourth-order valence-corrected chi connectivity index (χ4v) is 4.70. The molecule has 0 radical (unpaired) electrons. The van der Waals surface area contributed by atoms with Gasteiger partial charge in [0.05, 0.1) is 0 Å². The molecule has 1 aromatic carbocycles. The fraction of sp³-hybridized carbons (Fsp3) is 0.526. The third-order valence-electron chi connectivity index (χ3n) is 6.18. The van der Waals surface area contributed by atoms with E-state index in [1.807, 2.05) is 29.2 Å². The number of aromatic nitrogens is 1. The number of nitrogens with one attached hydrogen (secondary N) is 1. The van der Waals surface area contributed by atoms with E-state index in [4.69, 9.17) is 4.42 Å². The molecule has 4 heterocycles. The van der Waals surface area contributed by atoms with E-state index in [1.54, 1.807) is 0 Å². The first-order valence-electron chi connectivity index (χ1n) is 9.20. The first-order valence-corrected chi connectivity index (χ1v) is 9.20. The van der Waals surface area contributed by atoms with E-state index < -0.39 is 5.92 Å². The highest BCUT2D eigenvalue weighted by Crippen LogP contribution is 2.44. The van der Waals surface area contributed by atoms with Gasteiger partial charge in [-0.25, -0.2) is 0 Å². The van der Waals surface area contributed by atoms with Crippen LogP contribution in [0.15, 0.2) is 28.7 Å². The Hall–Kier alpha value is -2.57. The van der Waals surface area contributed by atoms with Crippen molar-refractivity contribution in [2.75, 3.05) is 37.6 Å². The Morgan fingerprint density at radius 1 is 1.31 bits per heavy atom. The summed E-state index contributed by atoms with van der Waals surface area (Å²) in [4.78, 5) is 33.2. The van der Waals surface area contributed by atoms with Crippen molar-refractivity contribution in [2.24, 2.45) is 17.3 Å². The van der Waals surface area contributed by atoms with Gasteiger partial charge in [-0.05, 0) is 18.6 Å². The lowest BCUT2D eigenvalue weighted by atomic mass is 9.83. The summed E-state index contributed by atoms with van der Waals surface area (Å²) in [6.07, 6.45) is 0.616. The fourth-order valence-electron chi connectivity index (χ4n) is 4.70. The van der Waals surface area contributed by atoms with Crippen LogP contribution >= 0.6 is 0 Å². The lowest BCUT2D eigenvalue weighted by molar-refractivity contribution is -0.139. The molecular weight excluding hydrogens is 332 g/mol. The van der Waals surface area contributed by atoms with Gasteiger partial charge >= 0.3 is 0 Å². The van der Waals surface area contributed by atoms with Gasteiger partial charge in [-0.1, -0.05) is 19.1 Å². The molecule has 1 N–H and O–H groups in total. The number of nitrogens with zero attached hydrogens (tertiary/aromatic N) is 3. The van der Waals surface area contributed by atoms with Gasteiger partial charge in [0.25, 0.3) is 6.01 Å². The summed E-state index contributed by atoms with van der Waals surface area (Å²) in [5.74, 6) is -0.258. The predicted molar refractivity (Wildman–Crippen MR) is 95.5 cm³/mol. The highest BCUT2D eigenvalue weighted by atomic mass is 16.4. The molecule has 3 aliphatic heterocycles. The first kappa shape index (κ1) is 15.7. The molecule has 26 heavy (non-hydrogen) atoms. The number of amides is 2. The summed E-state index contributed by atoms with van der Waals surface area (Å²) in [6.45, 7) is 5.86. The van der Waals surface area contributed by atoms with Crippen molar-refractivity contribution in [3.05, 3.63) is 24.3 Å². The lowest BCUT2D eigenvalue weighted by Gasteiger charge is -2.25. The van der Waals surface area contributed by atoms with Crippen molar-refractivity contribution in [1.29, 1.82) is 0 Å². The Kier molecular flexibility index (Phi) is 3.29. The Morgan fingerprint density at radius 2 is 2.15 bits per heavy atom. The maximum absolute atomic E-state index is 12.7. The molecule has 3 fully saturated rings. The zero-order chi connectivity index (χ0) is 17.9. The van der Waals surface area contributed by atoms with Gasteiger partial charge in [0.15, 0.2) is 5.58 Å². The molecule has 2 aromatic rings. The highest BCUT2D eigenvalue weighted by Gasteiger charge is 2.52. The summed E-state index contributed by atoms with van der Waals surface area (Å²) >= 11 is 0. The smallest absolute Gasteiger partial charge is 0.298 e. The van der Waals surface area contributed by atoms with Crippen molar-refractivity contribution in [1.82, 2.24) is 15.2 Å². The van der Waals surface area contributed by atoms with Gasteiger partial charge in [0.1, 0.15) is 11.4 Å². The van der Waals surface area contributed by atoms with E-state index in [1.165, 1.54) is 0 Å². The molecule has 1 aromatic heterocycles. The first-order chi connectivity index (χ1) is 12.5. The minimum atomic E-state index is -0.495. The van der Waals surface area contributed by atoms with Gasteiger partial charge in [0, 0.05) is 44.1 Å². The average molecular weight is 354 g/mol. The van der Waals surface area contributed by atoms with Crippen LogP contribution in [0.3, 0.4) is 0 Å². The molecule has 2 amide bonds. The summed E-state index contributed by atoms with van der Waals surface area (Å²) < 4.78 is 5.91. The van der Waals surface area contributed by atoms with Crippen LogP contribution in [0, 0.1) is 17.3 Å². The molecule has 7 heteroatoms. The van der Waals surface area contributed by atoms with Crippen molar-refractivity contribution >= 4 is 28.9 Å². The van der Waals surface area contributed by atoms with Crippen molar-refractivity contribution in [3.63, 3.8) is 0 Å². The predicted octanol–water partition coefficient (Wildman–Crippen LogP) is 1.25. The SMILES string of the molecule is C[C@]12CN(C(=O)C3CCNC3=O)C[C@H]1CN(c1nc3ccccc3o1)C2. The number of oxazole rings is 1. The average Bonchev–Trinajstić information content (AvgIpc) is 3.34. The summed E-state index contributed by atoms with van der Waals surface area (Å²) in [6, 6.07) is 8.44. The topological polar surface area (TPSA) is 78.7 Å². The number of hydrogen-bond acceptors (Lipinski definition) is 5. The summed E-state index contributed by atoms with van der Waals surface area (Å²) in [5.41, 5.74) is 1.67. The molecule has 0 saturated carbocycles. The third-order valence-corrected chi connectivity index (χ3v) is 6.18. The zero-order valence-corrected chi connectivity index (χ0v) is 14.8. The zero-order valence-electron chi connectivity index (χ0n) is 14.8. The van der Waals surface area contributed by atoms with Crippen LogP contribution < -0.4 is 10.2 Å². The minimum Gasteiger partial charge on any atom is -0.423 e. The van der Waals surface area contributed by atoms with Crippen LogP contribution in [0.5, 0.6) is 0 Å². The van der Waals surface area contributed by atoms with Gasteiger partial charge in [-0.3, -0.25) is 9.59 Å². The Bertz CT molecular complexity index is 861. The van der Waals surface area contributed by atoms with Crippen LogP contribution in [0.1, 0.15) is 13.3 Å². The van der Waals surface area contributed by atoms with Crippen LogP contribution in [0.2, 0.25) is 0 Å². The number of benzene rings is 1. The van der Waals surface area contributed by atoms with E-state index in [-0.39, 0.29) is 17.2 Å². The van der Waals surface area contributed by atoms with Crippen LogP contribution in [0.25, 0.3) is 11.1 Å². The van der Waals surface area contributed by atoms with Crippen molar-refractivity contribution in [2.45, 2.75) is 13.3 Å². The maximum Gasteiger partial charge on any atom is 0.298 e. The second kappa shape index (κ2) is 5.46. The number of anilines is 1. The standard InChI is InChI=1S/C19H22N4O3/c1-19-10-22(17(25)13-6-7-20-16(13)24)8-12(19)9-23(11-19)18-21-14-4-2-3-5-15(14)26-18/h2-5,12-13H,6-11H2,1H3,(H,20,24)/t12-,13?,19+/m0/s1. The maximum atomic E-state index is 12.7. The van der Waals surface area contributed by atoms with Gasteiger partial charge in [-0.15, -0.1) is 0 Å². The molecule has 5 rings (SSSR count). The molecule has 3 atom stereocenters. The molecule has 136 valence electrons. The Labute approximate surface area is 151 Å². The van der Waals surface area contributed by atoms with Crippen LogP contribution in [-0.2, 0) is 9.59 Å². The normalized spacial score (nSPS) is 30.9. The molecular formula is C19H22N4O3. The van der Waals surface area contributed by atoms with Gasteiger partial charge in [0.2, 0.25) is 11.8 Å². The second-order valence-corrected chi connectivity index (χ2v) is 8.05. The molecule has 0 aliphatic carbocycles. The largest absolute Gasteiger partial charge is 0.423 e. The molecule has 7 nitrogen and oxygen atoms in total. The van der Waals surface area contributed by atoms with Crippen molar-refractivity contribution in [3.8, 4) is 0 Å². The van der Waals surface area contributed by atoms with E-state index >= 15 is 0 Å². The van der Waals surface area contributed by atoms with E-state index in [0.717, 1.165) is 24.2 Å². The number of fused-ring (bicyclic) bond motifs is 2. The monoisotopic (exact) mass is 354 g/mol. The second-order valence-electron chi connectivity index (χ2n) is 8.05. The number of likely N-dealkylation sites (tertiary alicyclic amines) is 1. The number of carbonyl (C=O) groups is 2. The van der Waals surface area contributed by atoms with Crippen LogP contribution in [0.4, 0.5) is 6.01 Å². The Balaban J connectivity index is 1.32. The molecule has 0 spiro atoms. The number of rotatable bonds is 2. The van der Waals surface area contributed by atoms with E-state index in [9.17, 15) is 9.59 Å². The van der Waals surface area contributed by atoms with Gasteiger partial charge < -0.3 is 19.5 Å². The third kappa shape index (κ3) is 2.29. The van der Waals surface area contributed by atoms with E-state index in [0.29, 0.717) is 38.0 Å². The quantitative estimate of drug-likeness (QED) is 0.821. The summed E-state index contributed by atoms with van der Waals surface area (Å²) in [7, 11) is 0. The van der Waals surface area contributed by atoms with Crippen molar-refractivity contribution < 1.29 is 14.0 Å². The minimum absolute atomic E-state index is 0.00535.